The molecule has 21 heavy (non-hydrogen) atoms. The number of ether oxygens (including phenoxy) is 1. The second-order valence-corrected chi connectivity index (χ2v) is 7.35. The van der Waals surface area contributed by atoms with Crippen molar-refractivity contribution in [2.24, 2.45) is 0 Å². The molecule has 0 unspecified atom stereocenters. The molecule has 0 aliphatic carbocycles. The third-order valence-corrected chi connectivity index (χ3v) is 5.40. The Labute approximate surface area is 127 Å². The first-order valence-corrected chi connectivity index (χ1v) is 9.09. The van der Waals surface area contributed by atoms with Crippen molar-refractivity contribution in [2.45, 2.75) is 6.92 Å². The third-order valence-electron chi connectivity index (χ3n) is 3.17. The molecule has 0 spiro atoms. The van der Waals surface area contributed by atoms with Gasteiger partial charge >= 0.3 is 5.97 Å². The molecule has 118 valence electrons. The maximum absolute atomic E-state index is 11.9. The molecule has 1 fully saturated rings. The summed E-state index contributed by atoms with van der Waals surface area (Å²) in [5.41, 5.74) is 6.01. The van der Waals surface area contributed by atoms with Gasteiger partial charge in [0.2, 0.25) is 10.0 Å². The van der Waals surface area contributed by atoms with E-state index in [-0.39, 0.29) is 18.0 Å². The van der Waals surface area contributed by atoms with Crippen molar-refractivity contribution < 1.29 is 17.9 Å². The number of rotatable bonds is 4. The van der Waals surface area contributed by atoms with Crippen LogP contribution in [0.15, 0.2) is 0 Å². The number of nitrogens with zero attached hydrogens (tertiary/aromatic N) is 3. The number of aromatic nitrogens is 1. The third kappa shape index (κ3) is 3.44. The largest absolute Gasteiger partial charge is 0.462 e. The minimum atomic E-state index is -3.18. The molecule has 2 rings (SSSR count). The van der Waals surface area contributed by atoms with E-state index in [1.165, 1.54) is 10.6 Å². The van der Waals surface area contributed by atoms with E-state index < -0.39 is 16.0 Å². The van der Waals surface area contributed by atoms with Crippen molar-refractivity contribution in [3.63, 3.8) is 0 Å². The second kappa shape index (κ2) is 6.16. The summed E-state index contributed by atoms with van der Waals surface area (Å²) in [6.07, 6.45) is 1.19. The highest BCUT2D eigenvalue weighted by Crippen LogP contribution is 2.32. The SMILES string of the molecule is CCOC(=O)c1c(N)nsc1N1CCN(S(C)(=O)=O)CC1. The van der Waals surface area contributed by atoms with Crippen LogP contribution in [0, 0.1) is 0 Å². The van der Waals surface area contributed by atoms with Gasteiger partial charge in [-0.1, -0.05) is 0 Å². The van der Waals surface area contributed by atoms with Crippen molar-refractivity contribution in [3.8, 4) is 0 Å². The average Bonchev–Trinajstić information content (AvgIpc) is 2.80. The summed E-state index contributed by atoms with van der Waals surface area (Å²) in [4.78, 5) is 13.9. The van der Waals surface area contributed by atoms with Gasteiger partial charge in [0.25, 0.3) is 0 Å². The highest BCUT2D eigenvalue weighted by atomic mass is 32.2. The van der Waals surface area contributed by atoms with Crippen LogP contribution in [0.1, 0.15) is 17.3 Å². The lowest BCUT2D eigenvalue weighted by atomic mass is 10.2. The maximum atomic E-state index is 11.9. The van der Waals surface area contributed by atoms with Crippen LogP contribution < -0.4 is 10.6 Å². The smallest absolute Gasteiger partial charge is 0.345 e. The van der Waals surface area contributed by atoms with E-state index in [2.05, 4.69) is 4.37 Å². The zero-order valence-corrected chi connectivity index (χ0v) is 13.5. The highest BCUT2D eigenvalue weighted by Gasteiger charge is 2.29. The molecule has 1 aromatic rings. The van der Waals surface area contributed by atoms with Crippen LogP contribution >= 0.6 is 11.5 Å². The molecule has 0 radical (unpaired) electrons. The number of esters is 1. The van der Waals surface area contributed by atoms with Crippen molar-refractivity contribution in [3.05, 3.63) is 5.56 Å². The van der Waals surface area contributed by atoms with Crippen molar-refractivity contribution in [1.29, 1.82) is 0 Å². The summed E-state index contributed by atoms with van der Waals surface area (Å²) >= 11 is 1.13. The minimum Gasteiger partial charge on any atom is -0.462 e. The van der Waals surface area contributed by atoms with Crippen LogP contribution in [0.25, 0.3) is 0 Å². The van der Waals surface area contributed by atoms with Gasteiger partial charge in [0.05, 0.1) is 12.9 Å². The first-order chi connectivity index (χ1) is 9.84. The van der Waals surface area contributed by atoms with Gasteiger partial charge in [-0.2, -0.15) is 8.68 Å². The standard InChI is InChI=1S/C11H18N4O4S2/c1-3-19-11(16)8-9(12)13-20-10(8)14-4-6-15(7-5-14)21(2,17)18/h3-7H2,1-2H3,(H2,12,13). The lowest BCUT2D eigenvalue weighted by Gasteiger charge is -2.33. The van der Waals surface area contributed by atoms with Crippen LogP contribution in [-0.4, -0.2) is 62.1 Å². The van der Waals surface area contributed by atoms with Gasteiger partial charge in [0.1, 0.15) is 10.6 Å². The molecular formula is C11H18N4O4S2. The number of hydrogen-bond acceptors (Lipinski definition) is 8. The summed E-state index contributed by atoms with van der Waals surface area (Å²) in [7, 11) is -3.18. The topological polar surface area (TPSA) is 106 Å². The molecule has 1 saturated heterocycles. The molecule has 1 aromatic heterocycles. The van der Waals surface area contributed by atoms with Gasteiger partial charge in [0, 0.05) is 26.2 Å². The molecule has 1 aliphatic heterocycles. The van der Waals surface area contributed by atoms with Crippen molar-refractivity contribution in [1.82, 2.24) is 8.68 Å². The van der Waals surface area contributed by atoms with Gasteiger partial charge in [0.15, 0.2) is 5.82 Å². The number of hydrogen-bond donors (Lipinski definition) is 1. The number of piperazine rings is 1. The summed E-state index contributed by atoms with van der Waals surface area (Å²) in [5.74, 6) is -0.344. The molecule has 0 bridgehead atoms. The van der Waals surface area contributed by atoms with Crippen LogP contribution in [0.4, 0.5) is 10.8 Å². The number of nitrogen functional groups attached to an aromatic ring is 1. The molecule has 10 heteroatoms. The summed E-state index contributed by atoms with van der Waals surface area (Å²) in [6.45, 7) is 3.70. The fourth-order valence-electron chi connectivity index (χ4n) is 2.13. The molecule has 2 heterocycles. The molecule has 8 nitrogen and oxygen atoms in total. The number of nitrogens with two attached hydrogens (primary N) is 1. The fourth-order valence-corrected chi connectivity index (χ4v) is 3.81. The van der Waals surface area contributed by atoms with Gasteiger partial charge in [-0.15, -0.1) is 0 Å². The number of carbonyl (C=O) groups excluding carboxylic acids is 1. The number of sulfonamides is 1. The summed E-state index contributed by atoms with van der Waals surface area (Å²) in [6, 6.07) is 0. The second-order valence-electron chi connectivity index (χ2n) is 4.62. The Morgan fingerprint density at radius 3 is 2.52 bits per heavy atom. The Morgan fingerprint density at radius 2 is 2.00 bits per heavy atom. The lowest BCUT2D eigenvalue weighted by Crippen LogP contribution is -2.48. The van der Waals surface area contributed by atoms with E-state index in [4.69, 9.17) is 10.5 Å². The molecule has 1 aliphatic rings. The molecule has 0 amide bonds. The molecular weight excluding hydrogens is 316 g/mol. The van der Waals surface area contributed by atoms with Crippen LogP contribution in [0.2, 0.25) is 0 Å². The first kappa shape index (κ1) is 16.0. The van der Waals surface area contributed by atoms with E-state index in [1.807, 2.05) is 4.90 Å². The summed E-state index contributed by atoms with van der Waals surface area (Å²) < 4.78 is 33.4. The van der Waals surface area contributed by atoms with Gasteiger partial charge in [-0.25, -0.2) is 13.2 Å². The Bertz CT molecular complexity index is 620. The Balaban J connectivity index is 2.16. The minimum absolute atomic E-state index is 0.152. The van der Waals surface area contributed by atoms with Crippen LogP contribution in [0.5, 0.6) is 0 Å². The Hall–Kier alpha value is -1.39. The van der Waals surface area contributed by atoms with E-state index >= 15 is 0 Å². The number of anilines is 2. The lowest BCUT2D eigenvalue weighted by molar-refractivity contribution is 0.0528. The van der Waals surface area contributed by atoms with E-state index in [1.54, 1.807) is 6.92 Å². The predicted molar refractivity (Wildman–Crippen MR) is 81.1 cm³/mol. The molecule has 2 N–H and O–H groups in total. The Kier molecular flexibility index (Phi) is 4.69. The van der Waals surface area contributed by atoms with Crippen LogP contribution in [-0.2, 0) is 14.8 Å². The van der Waals surface area contributed by atoms with Crippen molar-refractivity contribution in [2.75, 3.05) is 49.7 Å². The van der Waals surface area contributed by atoms with E-state index in [0.717, 1.165) is 11.5 Å². The van der Waals surface area contributed by atoms with Gasteiger partial charge in [-0.05, 0) is 18.5 Å². The first-order valence-electron chi connectivity index (χ1n) is 6.47. The molecule has 0 aromatic carbocycles. The zero-order chi connectivity index (χ0) is 15.6. The van der Waals surface area contributed by atoms with Gasteiger partial charge < -0.3 is 15.4 Å². The average molecular weight is 334 g/mol. The Morgan fingerprint density at radius 1 is 1.38 bits per heavy atom. The number of carbonyl (C=O) groups is 1. The predicted octanol–water partition coefficient (Wildman–Crippen LogP) is -0.0164. The maximum Gasteiger partial charge on any atom is 0.345 e. The molecule has 0 atom stereocenters. The normalized spacial score (nSPS) is 17.0. The monoisotopic (exact) mass is 334 g/mol. The quantitative estimate of drug-likeness (QED) is 0.772. The van der Waals surface area contributed by atoms with E-state index in [9.17, 15) is 13.2 Å². The fraction of sp³-hybridized carbons (Fsp3) is 0.636. The van der Waals surface area contributed by atoms with Crippen LogP contribution in [0.3, 0.4) is 0 Å². The van der Waals surface area contributed by atoms with Crippen molar-refractivity contribution >= 4 is 38.3 Å². The zero-order valence-electron chi connectivity index (χ0n) is 11.9. The van der Waals surface area contributed by atoms with E-state index in [0.29, 0.717) is 31.2 Å². The molecule has 0 saturated carbocycles. The van der Waals surface area contributed by atoms with Gasteiger partial charge in [-0.3, -0.25) is 0 Å². The highest BCUT2D eigenvalue weighted by molar-refractivity contribution is 7.88. The summed E-state index contributed by atoms with van der Waals surface area (Å²) in [5, 5.41) is 0.638.